The van der Waals surface area contributed by atoms with Crippen LogP contribution in [0.1, 0.15) is 59.8 Å². The molecule has 1 nitrogen and oxygen atoms in total. The summed E-state index contributed by atoms with van der Waals surface area (Å²) in [6.45, 7) is 11.9. The van der Waals surface area contributed by atoms with Gasteiger partial charge in [-0.15, -0.1) is 0 Å². The van der Waals surface area contributed by atoms with Crippen LogP contribution in [0.15, 0.2) is 12.2 Å². The molecule has 0 spiro atoms. The highest BCUT2D eigenvalue weighted by Crippen LogP contribution is 2.19. The van der Waals surface area contributed by atoms with Crippen LogP contribution in [0.2, 0.25) is 0 Å². The second-order valence-electron chi connectivity index (χ2n) is 6.33. The number of hydrogen-bond donors (Lipinski definition) is 0. The maximum atomic E-state index is 2.72. The molecule has 0 fully saturated rings. The monoisotopic (exact) mass is 237 g/mol. The van der Waals surface area contributed by atoms with E-state index in [1.54, 1.807) is 0 Å². The fourth-order valence-electron chi connectivity index (χ4n) is 2.39. The lowest BCUT2D eigenvalue weighted by Gasteiger charge is -2.32. The minimum atomic E-state index is 0.723. The van der Waals surface area contributed by atoms with Crippen LogP contribution in [0.4, 0.5) is 0 Å². The van der Waals surface area contributed by atoms with Crippen LogP contribution in [0.3, 0.4) is 0 Å². The molecule has 0 N–H and O–H groups in total. The Kier molecular flexibility index (Phi) is 6.87. The number of rotatable bonds is 7. The molecule has 1 rings (SSSR count). The fraction of sp³-hybridized carbons (Fsp3) is 0.875. The van der Waals surface area contributed by atoms with E-state index in [4.69, 9.17) is 0 Å². The molecule has 0 aromatic heterocycles. The first-order valence-corrected chi connectivity index (χ1v) is 7.50. The Morgan fingerprint density at radius 1 is 1.06 bits per heavy atom. The van der Waals surface area contributed by atoms with E-state index in [0.717, 1.165) is 17.9 Å². The molecule has 100 valence electrons. The van der Waals surface area contributed by atoms with E-state index in [9.17, 15) is 0 Å². The van der Waals surface area contributed by atoms with Crippen LogP contribution in [-0.4, -0.2) is 24.0 Å². The summed E-state index contributed by atoms with van der Waals surface area (Å²) in [6.07, 6.45) is 11.5. The number of allylic oxidation sites excluding steroid dienone is 1. The second-order valence-corrected chi connectivity index (χ2v) is 6.33. The van der Waals surface area contributed by atoms with Crippen LogP contribution in [0.25, 0.3) is 0 Å². The summed E-state index contributed by atoms with van der Waals surface area (Å²) in [7, 11) is 0. The van der Waals surface area contributed by atoms with E-state index >= 15 is 0 Å². The molecule has 1 aliphatic rings. The van der Waals surface area contributed by atoms with E-state index in [2.05, 4.69) is 44.7 Å². The van der Waals surface area contributed by atoms with Gasteiger partial charge in [-0.1, -0.05) is 39.8 Å². The van der Waals surface area contributed by atoms with E-state index in [1.165, 1.54) is 45.2 Å². The van der Waals surface area contributed by atoms with Crippen molar-refractivity contribution in [1.29, 1.82) is 0 Å². The summed E-state index contributed by atoms with van der Waals surface area (Å²) in [5.74, 6) is 1.65. The fourth-order valence-corrected chi connectivity index (χ4v) is 2.39. The summed E-state index contributed by atoms with van der Waals surface area (Å²) < 4.78 is 0. The molecular weight excluding hydrogens is 206 g/mol. The first-order chi connectivity index (χ1) is 8.09. The minimum Gasteiger partial charge on any atom is -0.297 e. The third kappa shape index (κ3) is 6.26. The van der Waals surface area contributed by atoms with Gasteiger partial charge in [-0.2, -0.15) is 0 Å². The molecule has 0 aromatic carbocycles. The zero-order valence-electron chi connectivity index (χ0n) is 12.3. The molecule has 17 heavy (non-hydrogen) atoms. The molecule has 0 saturated carbocycles. The lowest BCUT2D eigenvalue weighted by Crippen LogP contribution is -2.37. The van der Waals surface area contributed by atoms with Gasteiger partial charge in [0.1, 0.15) is 0 Å². The van der Waals surface area contributed by atoms with Crippen molar-refractivity contribution in [2.24, 2.45) is 11.8 Å². The van der Waals surface area contributed by atoms with Crippen LogP contribution in [-0.2, 0) is 0 Å². The highest BCUT2D eigenvalue weighted by molar-refractivity contribution is 4.98. The van der Waals surface area contributed by atoms with Gasteiger partial charge in [-0.25, -0.2) is 0 Å². The Morgan fingerprint density at radius 2 is 1.65 bits per heavy atom. The first-order valence-electron chi connectivity index (χ1n) is 7.50. The van der Waals surface area contributed by atoms with Gasteiger partial charge >= 0.3 is 0 Å². The van der Waals surface area contributed by atoms with Crippen molar-refractivity contribution >= 4 is 0 Å². The van der Waals surface area contributed by atoms with Crippen LogP contribution in [0, 0.1) is 11.8 Å². The van der Waals surface area contributed by atoms with E-state index in [-0.39, 0.29) is 0 Å². The lowest BCUT2D eigenvalue weighted by atomic mass is 9.99. The van der Waals surface area contributed by atoms with E-state index in [0.29, 0.717) is 0 Å². The molecule has 0 radical (unpaired) electrons. The van der Waals surface area contributed by atoms with Crippen molar-refractivity contribution in [3.63, 3.8) is 0 Å². The summed E-state index contributed by atoms with van der Waals surface area (Å²) in [6, 6.07) is 0.723. The molecule has 1 atom stereocenters. The minimum absolute atomic E-state index is 0.723. The van der Waals surface area contributed by atoms with E-state index in [1.807, 2.05) is 0 Å². The third-order valence-electron chi connectivity index (χ3n) is 3.69. The average Bonchev–Trinajstić information content (AvgIpc) is 2.29. The molecule has 0 aromatic rings. The highest BCUT2D eigenvalue weighted by Gasteiger charge is 2.17. The van der Waals surface area contributed by atoms with Gasteiger partial charge in [-0.3, -0.25) is 4.90 Å². The van der Waals surface area contributed by atoms with Gasteiger partial charge in [0, 0.05) is 6.04 Å². The quantitative estimate of drug-likeness (QED) is 0.590. The summed E-state index contributed by atoms with van der Waals surface area (Å²) in [5.41, 5.74) is 0. The summed E-state index contributed by atoms with van der Waals surface area (Å²) in [4.78, 5) is 2.72. The lowest BCUT2D eigenvalue weighted by molar-refractivity contribution is 0.192. The van der Waals surface area contributed by atoms with E-state index < -0.39 is 0 Å². The SMILES string of the molecule is CC(C)CCN(CCC(C)C)[C@@H]1C=CCCC1. The van der Waals surface area contributed by atoms with Gasteiger partial charge in [0.15, 0.2) is 0 Å². The predicted octanol–water partition coefficient (Wildman–Crippen LogP) is 4.49. The third-order valence-corrected chi connectivity index (χ3v) is 3.69. The number of nitrogens with zero attached hydrogens (tertiary/aromatic N) is 1. The van der Waals surface area contributed by atoms with Gasteiger partial charge in [0.05, 0.1) is 0 Å². The number of hydrogen-bond acceptors (Lipinski definition) is 1. The standard InChI is InChI=1S/C16H31N/c1-14(2)10-12-17(13-11-15(3)4)16-8-6-5-7-9-16/h6,8,14-16H,5,7,9-13H2,1-4H3/t16-/m1/s1. The molecule has 0 aliphatic heterocycles. The topological polar surface area (TPSA) is 3.24 Å². The highest BCUT2D eigenvalue weighted by atomic mass is 15.1. The van der Waals surface area contributed by atoms with Crippen LogP contribution < -0.4 is 0 Å². The Morgan fingerprint density at radius 3 is 2.06 bits per heavy atom. The summed E-state index contributed by atoms with van der Waals surface area (Å²) >= 11 is 0. The Labute approximate surface area is 108 Å². The van der Waals surface area contributed by atoms with Gasteiger partial charge in [0.2, 0.25) is 0 Å². The Hall–Kier alpha value is -0.300. The van der Waals surface area contributed by atoms with Crippen molar-refractivity contribution in [3.05, 3.63) is 12.2 Å². The normalized spacial score (nSPS) is 20.8. The largest absolute Gasteiger partial charge is 0.297 e. The van der Waals surface area contributed by atoms with Crippen LogP contribution in [0.5, 0.6) is 0 Å². The molecule has 1 heteroatoms. The van der Waals surface area contributed by atoms with Gasteiger partial charge in [-0.05, 0) is 57.0 Å². The molecule has 1 aliphatic carbocycles. The van der Waals surface area contributed by atoms with Crippen LogP contribution >= 0.6 is 0 Å². The Balaban J connectivity index is 2.44. The zero-order chi connectivity index (χ0) is 12.7. The molecular formula is C16H31N. The second kappa shape index (κ2) is 7.92. The van der Waals surface area contributed by atoms with Gasteiger partial charge in [0.25, 0.3) is 0 Å². The van der Waals surface area contributed by atoms with Gasteiger partial charge < -0.3 is 0 Å². The molecule has 0 saturated heterocycles. The van der Waals surface area contributed by atoms with Crippen molar-refractivity contribution in [2.75, 3.05) is 13.1 Å². The molecule has 0 heterocycles. The Bertz CT molecular complexity index is 206. The smallest absolute Gasteiger partial charge is 0.0278 e. The van der Waals surface area contributed by atoms with Crippen molar-refractivity contribution in [2.45, 2.75) is 65.8 Å². The summed E-state index contributed by atoms with van der Waals surface area (Å²) in [5, 5.41) is 0. The zero-order valence-corrected chi connectivity index (χ0v) is 12.3. The average molecular weight is 237 g/mol. The molecule has 0 bridgehead atoms. The van der Waals surface area contributed by atoms with Crippen molar-refractivity contribution in [1.82, 2.24) is 4.90 Å². The maximum Gasteiger partial charge on any atom is 0.0278 e. The predicted molar refractivity (Wildman–Crippen MR) is 77.3 cm³/mol. The van der Waals surface area contributed by atoms with Crippen molar-refractivity contribution < 1.29 is 0 Å². The molecule has 0 unspecified atom stereocenters. The van der Waals surface area contributed by atoms with Crippen molar-refractivity contribution in [3.8, 4) is 0 Å². The maximum absolute atomic E-state index is 2.72. The molecule has 0 amide bonds. The first kappa shape index (κ1) is 14.8.